The van der Waals surface area contributed by atoms with Crippen molar-refractivity contribution in [3.63, 3.8) is 0 Å². The van der Waals surface area contributed by atoms with Gasteiger partial charge in [-0.15, -0.1) is 0 Å². The van der Waals surface area contributed by atoms with Crippen LogP contribution in [0.15, 0.2) is 34.9 Å². The monoisotopic (exact) mass is 331 g/mol. The van der Waals surface area contributed by atoms with Crippen molar-refractivity contribution < 1.29 is 14.3 Å². The van der Waals surface area contributed by atoms with E-state index in [9.17, 15) is 5.11 Å². The molecule has 2 N–H and O–H groups in total. The fourth-order valence-corrected chi connectivity index (χ4v) is 3.50. The summed E-state index contributed by atoms with van der Waals surface area (Å²) in [5, 5.41) is 15.7. The van der Waals surface area contributed by atoms with Crippen LogP contribution >= 0.6 is 0 Å². The zero-order valence-electron chi connectivity index (χ0n) is 15.0. The van der Waals surface area contributed by atoms with Crippen LogP contribution in [0.25, 0.3) is 11.0 Å². The van der Waals surface area contributed by atoms with Gasteiger partial charge in [-0.1, -0.05) is 32.0 Å². The smallest absolute Gasteiger partial charge is 0.134 e. The molecular formula is C20H29NO3. The van der Waals surface area contributed by atoms with Crippen LogP contribution < -0.4 is 5.32 Å². The molecule has 0 radical (unpaired) electrons. The van der Waals surface area contributed by atoms with Gasteiger partial charge >= 0.3 is 0 Å². The Morgan fingerprint density at radius 1 is 1.33 bits per heavy atom. The van der Waals surface area contributed by atoms with Crippen molar-refractivity contribution in [2.75, 3.05) is 19.8 Å². The largest absolute Gasteiger partial charge is 0.464 e. The minimum absolute atomic E-state index is 0.236. The maximum absolute atomic E-state index is 10.9. The van der Waals surface area contributed by atoms with E-state index in [1.54, 1.807) is 0 Å². The molecule has 24 heavy (non-hydrogen) atoms. The first-order valence-electron chi connectivity index (χ1n) is 8.90. The van der Waals surface area contributed by atoms with E-state index in [4.69, 9.17) is 9.15 Å². The second-order valence-corrected chi connectivity index (χ2v) is 7.81. The Labute approximate surface area is 144 Å². The number of fused-ring (bicyclic) bond motifs is 1. The molecule has 1 saturated heterocycles. The van der Waals surface area contributed by atoms with Gasteiger partial charge in [-0.25, -0.2) is 0 Å². The number of ether oxygens (including phenoxy) is 1. The van der Waals surface area contributed by atoms with E-state index in [0.29, 0.717) is 12.6 Å². The summed E-state index contributed by atoms with van der Waals surface area (Å²) in [5.74, 6) is 0. The van der Waals surface area contributed by atoms with Gasteiger partial charge in [-0.05, 0) is 37.8 Å². The number of hydrogen-bond donors (Lipinski definition) is 2. The molecule has 3 rings (SSSR count). The van der Waals surface area contributed by atoms with Crippen LogP contribution in [0.5, 0.6) is 0 Å². The first kappa shape index (κ1) is 17.5. The molecule has 0 amide bonds. The van der Waals surface area contributed by atoms with Crippen LogP contribution in [0.3, 0.4) is 0 Å². The molecule has 2 heterocycles. The minimum atomic E-state index is -0.750. The minimum Gasteiger partial charge on any atom is -0.464 e. The van der Waals surface area contributed by atoms with Crippen molar-refractivity contribution in [2.45, 2.75) is 51.7 Å². The highest BCUT2D eigenvalue weighted by Gasteiger charge is 2.44. The number of rotatable bonds is 6. The fraction of sp³-hybridized carbons (Fsp3) is 0.600. The predicted octanol–water partition coefficient (Wildman–Crippen LogP) is 3.52. The van der Waals surface area contributed by atoms with Gasteiger partial charge in [0.1, 0.15) is 5.58 Å². The third kappa shape index (κ3) is 3.51. The molecule has 132 valence electrons. The first-order chi connectivity index (χ1) is 11.4. The molecule has 1 aromatic heterocycles. The van der Waals surface area contributed by atoms with E-state index in [2.05, 4.69) is 32.2 Å². The molecule has 1 aromatic carbocycles. The third-order valence-corrected chi connectivity index (χ3v) is 5.46. The van der Waals surface area contributed by atoms with Crippen molar-refractivity contribution >= 4 is 11.0 Å². The number of benzene rings is 1. The van der Waals surface area contributed by atoms with Crippen LogP contribution in [-0.2, 0) is 11.2 Å². The van der Waals surface area contributed by atoms with Gasteiger partial charge in [0.05, 0.1) is 18.5 Å². The summed E-state index contributed by atoms with van der Waals surface area (Å²) < 4.78 is 11.1. The summed E-state index contributed by atoms with van der Waals surface area (Å²) in [7, 11) is 0. The van der Waals surface area contributed by atoms with E-state index in [1.165, 1.54) is 10.9 Å². The number of furan rings is 1. The Bertz CT molecular complexity index is 670. The van der Waals surface area contributed by atoms with Crippen molar-refractivity contribution in [3.8, 4) is 0 Å². The van der Waals surface area contributed by atoms with E-state index in [-0.39, 0.29) is 5.41 Å². The highest BCUT2D eigenvalue weighted by molar-refractivity contribution is 5.80. The second-order valence-electron chi connectivity index (χ2n) is 7.81. The van der Waals surface area contributed by atoms with E-state index in [1.807, 2.05) is 24.5 Å². The normalized spacial score (nSPS) is 23.5. The summed E-state index contributed by atoms with van der Waals surface area (Å²) in [5.41, 5.74) is 1.18. The molecule has 0 bridgehead atoms. The van der Waals surface area contributed by atoms with Crippen LogP contribution in [0, 0.1) is 5.41 Å². The van der Waals surface area contributed by atoms with Gasteiger partial charge in [-0.3, -0.25) is 0 Å². The lowest BCUT2D eigenvalue weighted by atomic mass is 9.71. The second kappa shape index (κ2) is 6.87. The highest BCUT2D eigenvalue weighted by Crippen LogP contribution is 2.37. The Morgan fingerprint density at radius 2 is 2.12 bits per heavy atom. The summed E-state index contributed by atoms with van der Waals surface area (Å²) in [6, 6.07) is 8.44. The lowest BCUT2D eigenvalue weighted by Gasteiger charge is -2.45. The van der Waals surface area contributed by atoms with Gasteiger partial charge < -0.3 is 19.6 Å². The topological polar surface area (TPSA) is 54.6 Å². The molecule has 0 aliphatic carbocycles. The van der Waals surface area contributed by atoms with Gasteiger partial charge in [0.15, 0.2) is 0 Å². The Kier molecular flexibility index (Phi) is 5.00. The Morgan fingerprint density at radius 3 is 2.88 bits per heavy atom. The van der Waals surface area contributed by atoms with Gasteiger partial charge in [0.2, 0.25) is 0 Å². The number of aliphatic hydroxyl groups is 1. The molecule has 4 heteroatoms. The van der Waals surface area contributed by atoms with Crippen molar-refractivity contribution in [3.05, 3.63) is 36.1 Å². The van der Waals surface area contributed by atoms with Crippen LogP contribution in [0.2, 0.25) is 0 Å². The number of hydrogen-bond acceptors (Lipinski definition) is 4. The number of nitrogens with one attached hydrogen (secondary N) is 1. The Balaban J connectivity index is 1.59. The fourth-order valence-electron chi connectivity index (χ4n) is 3.50. The molecule has 1 aliphatic rings. The maximum Gasteiger partial charge on any atom is 0.134 e. The van der Waals surface area contributed by atoms with E-state index in [0.717, 1.165) is 38.0 Å². The summed E-state index contributed by atoms with van der Waals surface area (Å²) in [6.45, 7) is 8.37. The summed E-state index contributed by atoms with van der Waals surface area (Å²) in [4.78, 5) is 0. The van der Waals surface area contributed by atoms with Crippen molar-refractivity contribution in [1.29, 1.82) is 0 Å². The Hall–Kier alpha value is -1.36. The molecule has 2 aromatic rings. The van der Waals surface area contributed by atoms with Crippen molar-refractivity contribution in [2.24, 2.45) is 5.41 Å². The molecule has 0 saturated carbocycles. The molecule has 4 nitrogen and oxygen atoms in total. The molecule has 1 aliphatic heterocycles. The molecular weight excluding hydrogens is 302 g/mol. The predicted molar refractivity (Wildman–Crippen MR) is 96.2 cm³/mol. The average Bonchev–Trinajstić information content (AvgIpc) is 2.97. The van der Waals surface area contributed by atoms with E-state index >= 15 is 0 Å². The third-order valence-electron chi connectivity index (χ3n) is 5.46. The first-order valence-corrected chi connectivity index (χ1v) is 8.90. The number of para-hydroxylation sites is 1. The van der Waals surface area contributed by atoms with Crippen LogP contribution in [-0.4, -0.2) is 36.5 Å². The van der Waals surface area contributed by atoms with Gasteiger partial charge in [0, 0.05) is 30.0 Å². The highest BCUT2D eigenvalue weighted by atomic mass is 16.5. The zero-order chi connectivity index (χ0) is 17.2. The lowest BCUT2D eigenvalue weighted by Crippen LogP contribution is -2.55. The molecule has 2 atom stereocenters. The molecule has 1 fully saturated rings. The van der Waals surface area contributed by atoms with Crippen LogP contribution in [0.4, 0.5) is 0 Å². The standard InChI is InChI=1S/C20H29NO3/c1-15(11-16-12-24-18-8-5-4-7-17(16)18)21-13-19(2,3)20(22)9-6-10-23-14-20/h4-5,7-8,12,15,21-22H,6,9-11,13-14H2,1-3H3. The maximum atomic E-state index is 10.9. The summed E-state index contributed by atoms with van der Waals surface area (Å²) in [6.07, 6.45) is 4.50. The van der Waals surface area contributed by atoms with Gasteiger partial charge in [-0.2, -0.15) is 0 Å². The zero-order valence-corrected chi connectivity index (χ0v) is 15.0. The van der Waals surface area contributed by atoms with Gasteiger partial charge in [0.25, 0.3) is 0 Å². The van der Waals surface area contributed by atoms with Crippen LogP contribution in [0.1, 0.15) is 39.2 Å². The SMILES string of the molecule is CC(Cc1coc2ccccc12)NCC(C)(C)C1(O)CCCOC1. The lowest BCUT2D eigenvalue weighted by molar-refractivity contribution is -0.149. The van der Waals surface area contributed by atoms with E-state index < -0.39 is 5.60 Å². The molecule has 0 spiro atoms. The van der Waals surface area contributed by atoms with Crippen molar-refractivity contribution in [1.82, 2.24) is 5.32 Å². The summed E-state index contributed by atoms with van der Waals surface area (Å²) >= 11 is 0. The average molecular weight is 331 g/mol. The quantitative estimate of drug-likeness (QED) is 0.850. The molecule has 2 unspecified atom stereocenters.